The molecule has 0 N–H and O–H groups in total. The van der Waals surface area contributed by atoms with E-state index in [1.807, 2.05) is 0 Å². The van der Waals surface area contributed by atoms with Gasteiger partial charge in [0.25, 0.3) is 0 Å². The molecule has 0 saturated carbocycles. The first-order valence-electron chi connectivity index (χ1n) is 5.76. The van der Waals surface area contributed by atoms with E-state index in [2.05, 4.69) is 49.0 Å². The Morgan fingerprint density at radius 1 is 1.38 bits per heavy atom. The molecule has 3 heteroatoms. The van der Waals surface area contributed by atoms with Gasteiger partial charge in [0.15, 0.2) is 0 Å². The SMILES string of the molecule is COCCN(C)Cc1cccc(C(C)C)n1. The lowest BCUT2D eigenvalue weighted by Crippen LogP contribution is -2.23. The van der Waals surface area contributed by atoms with Crippen molar-refractivity contribution in [1.82, 2.24) is 9.88 Å². The monoisotopic (exact) mass is 222 g/mol. The van der Waals surface area contributed by atoms with Crippen LogP contribution in [0.25, 0.3) is 0 Å². The summed E-state index contributed by atoms with van der Waals surface area (Å²) in [6.45, 7) is 6.91. The molecule has 0 unspecified atom stereocenters. The van der Waals surface area contributed by atoms with Gasteiger partial charge in [-0.05, 0) is 25.1 Å². The van der Waals surface area contributed by atoms with E-state index in [1.165, 1.54) is 0 Å². The number of rotatable bonds is 6. The van der Waals surface area contributed by atoms with Gasteiger partial charge in [-0.3, -0.25) is 9.88 Å². The summed E-state index contributed by atoms with van der Waals surface area (Å²) in [4.78, 5) is 6.86. The molecule has 0 spiro atoms. The highest BCUT2D eigenvalue weighted by molar-refractivity contribution is 5.13. The van der Waals surface area contributed by atoms with Crippen molar-refractivity contribution in [3.8, 4) is 0 Å². The highest BCUT2D eigenvalue weighted by atomic mass is 16.5. The first-order valence-corrected chi connectivity index (χ1v) is 5.76. The average Bonchev–Trinajstić information content (AvgIpc) is 2.26. The number of pyridine rings is 1. The fraction of sp³-hybridized carbons (Fsp3) is 0.615. The molecule has 1 rings (SSSR count). The third-order valence-corrected chi connectivity index (χ3v) is 2.53. The number of nitrogens with zero attached hydrogens (tertiary/aromatic N) is 2. The van der Waals surface area contributed by atoms with Gasteiger partial charge < -0.3 is 4.74 Å². The highest BCUT2D eigenvalue weighted by Crippen LogP contribution is 2.12. The van der Waals surface area contributed by atoms with Crippen molar-refractivity contribution in [2.24, 2.45) is 0 Å². The molecular formula is C13H22N2O. The summed E-state index contributed by atoms with van der Waals surface area (Å²) in [5, 5.41) is 0. The van der Waals surface area contributed by atoms with Gasteiger partial charge in [-0.25, -0.2) is 0 Å². The van der Waals surface area contributed by atoms with Gasteiger partial charge in [-0.2, -0.15) is 0 Å². The van der Waals surface area contributed by atoms with Crippen LogP contribution in [0.15, 0.2) is 18.2 Å². The smallest absolute Gasteiger partial charge is 0.0589 e. The molecule has 0 amide bonds. The normalized spacial score (nSPS) is 11.4. The molecule has 0 aromatic carbocycles. The third-order valence-electron chi connectivity index (χ3n) is 2.53. The Morgan fingerprint density at radius 3 is 2.75 bits per heavy atom. The van der Waals surface area contributed by atoms with Gasteiger partial charge in [0, 0.05) is 25.9 Å². The summed E-state index contributed by atoms with van der Waals surface area (Å²) in [5.74, 6) is 0.490. The van der Waals surface area contributed by atoms with Gasteiger partial charge in [0.05, 0.1) is 12.3 Å². The van der Waals surface area contributed by atoms with Crippen LogP contribution in [-0.2, 0) is 11.3 Å². The Labute approximate surface area is 98.4 Å². The fourth-order valence-electron chi connectivity index (χ4n) is 1.51. The van der Waals surface area contributed by atoms with Crippen LogP contribution in [0.2, 0.25) is 0 Å². The van der Waals surface area contributed by atoms with Crippen molar-refractivity contribution >= 4 is 0 Å². The summed E-state index contributed by atoms with van der Waals surface area (Å²) in [5.41, 5.74) is 2.29. The maximum absolute atomic E-state index is 5.05. The number of ether oxygens (including phenoxy) is 1. The number of likely N-dealkylation sites (N-methyl/N-ethyl adjacent to an activating group) is 1. The Bertz CT molecular complexity index is 313. The fourth-order valence-corrected chi connectivity index (χ4v) is 1.51. The van der Waals surface area contributed by atoms with Crippen LogP contribution in [-0.4, -0.2) is 37.2 Å². The average molecular weight is 222 g/mol. The predicted molar refractivity (Wildman–Crippen MR) is 66.5 cm³/mol. The zero-order valence-corrected chi connectivity index (χ0v) is 10.7. The number of aromatic nitrogens is 1. The Balaban J connectivity index is 2.56. The van der Waals surface area contributed by atoms with E-state index in [0.717, 1.165) is 31.1 Å². The predicted octanol–water partition coefficient (Wildman–Crippen LogP) is 2.28. The van der Waals surface area contributed by atoms with Crippen LogP contribution in [0.5, 0.6) is 0 Å². The summed E-state index contributed by atoms with van der Waals surface area (Å²) in [6.07, 6.45) is 0. The van der Waals surface area contributed by atoms with E-state index >= 15 is 0 Å². The van der Waals surface area contributed by atoms with Gasteiger partial charge in [0.1, 0.15) is 0 Å². The van der Waals surface area contributed by atoms with Gasteiger partial charge in [-0.15, -0.1) is 0 Å². The Morgan fingerprint density at radius 2 is 2.12 bits per heavy atom. The van der Waals surface area contributed by atoms with Crippen molar-refractivity contribution in [2.75, 3.05) is 27.3 Å². The van der Waals surface area contributed by atoms with Crippen LogP contribution in [0.4, 0.5) is 0 Å². The molecule has 0 aliphatic heterocycles. The maximum atomic E-state index is 5.05. The van der Waals surface area contributed by atoms with E-state index < -0.39 is 0 Å². The van der Waals surface area contributed by atoms with E-state index in [4.69, 9.17) is 4.74 Å². The highest BCUT2D eigenvalue weighted by Gasteiger charge is 2.04. The molecule has 0 radical (unpaired) electrons. The molecular weight excluding hydrogens is 200 g/mol. The number of methoxy groups -OCH3 is 1. The van der Waals surface area contributed by atoms with Crippen LogP contribution < -0.4 is 0 Å². The quantitative estimate of drug-likeness (QED) is 0.738. The lowest BCUT2D eigenvalue weighted by molar-refractivity contribution is 0.158. The second kappa shape index (κ2) is 6.61. The lowest BCUT2D eigenvalue weighted by atomic mass is 10.1. The van der Waals surface area contributed by atoms with Gasteiger partial charge in [0.2, 0.25) is 0 Å². The molecule has 0 fully saturated rings. The summed E-state index contributed by atoms with van der Waals surface area (Å²) in [6, 6.07) is 6.25. The first kappa shape index (κ1) is 13.1. The summed E-state index contributed by atoms with van der Waals surface area (Å²) < 4.78 is 5.05. The molecule has 1 aromatic rings. The van der Waals surface area contributed by atoms with Crippen molar-refractivity contribution in [3.05, 3.63) is 29.6 Å². The molecule has 16 heavy (non-hydrogen) atoms. The molecule has 1 heterocycles. The molecule has 0 aliphatic carbocycles. The second-order valence-corrected chi connectivity index (χ2v) is 4.44. The van der Waals surface area contributed by atoms with E-state index in [9.17, 15) is 0 Å². The molecule has 1 aromatic heterocycles. The van der Waals surface area contributed by atoms with E-state index in [0.29, 0.717) is 5.92 Å². The Hall–Kier alpha value is -0.930. The topological polar surface area (TPSA) is 25.4 Å². The second-order valence-electron chi connectivity index (χ2n) is 4.44. The molecule has 0 saturated heterocycles. The molecule has 0 aliphatic rings. The zero-order chi connectivity index (χ0) is 12.0. The standard InChI is InChI=1S/C13H22N2O/c1-11(2)13-7-5-6-12(14-13)10-15(3)8-9-16-4/h5-7,11H,8-10H2,1-4H3. The minimum Gasteiger partial charge on any atom is -0.383 e. The third kappa shape index (κ3) is 4.29. The van der Waals surface area contributed by atoms with Gasteiger partial charge >= 0.3 is 0 Å². The maximum Gasteiger partial charge on any atom is 0.0589 e. The molecule has 90 valence electrons. The first-order chi connectivity index (χ1) is 7.63. The van der Waals surface area contributed by atoms with Crippen molar-refractivity contribution < 1.29 is 4.74 Å². The summed E-state index contributed by atoms with van der Waals surface area (Å²) in [7, 11) is 3.81. The number of hydrogen-bond donors (Lipinski definition) is 0. The van der Waals surface area contributed by atoms with Crippen LogP contribution >= 0.6 is 0 Å². The van der Waals surface area contributed by atoms with Crippen molar-refractivity contribution in [2.45, 2.75) is 26.3 Å². The summed E-state index contributed by atoms with van der Waals surface area (Å²) >= 11 is 0. The van der Waals surface area contributed by atoms with Crippen LogP contribution in [0.1, 0.15) is 31.2 Å². The van der Waals surface area contributed by atoms with Gasteiger partial charge in [-0.1, -0.05) is 19.9 Å². The minimum atomic E-state index is 0.490. The molecule has 0 atom stereocenters. The minimum absolute atomic E-state index is 0.490. The van der Waals surface area contributed by atoms with Crippen molar-refractivity contribution in [3.63, 3.8) is 0 Å². The Kier molecular flexibility index (Phi) is 5.43. The van der Waals surface area contributed by atoms with E-state index in [1.54, 1.807) is 7.11 Å². The van der Waals surface area contributed by atoms with Crippen LogP contribution in [0, 0.1) is 0 Å². The van der Waals surface area contributed by atoms with Crippen molar-refractivity contribution in [1.29, 1.82) is 0 Å². The zero-order valence-electron chi connectivity index (χ0n) is 10.7. The van der Waals surface area contributed by atoms with E-state index in [-0.39, 0.29) is 0 Å². The lowest BCUT2D eigenvalue weighted by Gasteiger charge is -2.16. The molecule has 3 nitrogen and oxygen atoms in total. The van der Waals surface area contributed by atoms with Crippen LogP contribution in [0.3, 0.4) is 0 Å². The number of hydrogen-bond acceptors (Lipinski definition) is 3. The molecule has 0 bridgehead atoms. The largest absolute Gasteiger partial charge is 0.383 e.